The number of nitrogens with zero attached hydrogens (tertiary/aromatic N) is 4. The van der Waals surface area contributed by atoms with Crippen molar-refractivity contribution < 1.29 is 4.79 Å². The standard InChI is InChI=1S/C9H15N5O/c1-12-3-4-14(6-8(12)15)9-7(10)5-13(2)11-9/h5H,3-4,6,10H2,1-2H3. The van der Waals surface area contributed by atoms with E-state index in [4.69, 9.17) is 5.73 Å². The van der Waals surface area contributed by atoms with Crippen molar-refractivity contribution in [3.63, 3.8) is 0 Å². The smallest absolute Gasteiger partial charge is 0.241 e. The molecule has 0 aromatic carbocycles. The molecule has 1 aliphatic rings. The minimum Gasteiger partial charge on any atom is -0.394 e. The zero-order valence-corrected chi connectivity index (χ0v) is 8.97. The van der Waals surface area contributed by atoms with Crippen LogP contribution in [0.15, 0.2) is 6.20 Å². The van der Waals surface area contributed by atoms with Crippen LogP contribution >= 0.6 is 0 Å². The predicted octanol–water partition coefficient (Wildman–Crippen LogP) is -0.719. The van der Waals surface area contributed by atoms with Crippen molar-refractivity contribution >= 4 is 17.4 Å². The molecule has 1 saturated heterocycles. The SMILES string of the molecule is CN1CCN(c2nn(C)cc2N)CC1=O. The number of carbonyl (C=O) groups is 1. The summed E-state index contributed by atoms with van der Waals surface area (Å²) in [6.07, 6.45) is 1.75. The summed E-state index contributed by atoms with van der Waals surface area (Å²) >= 11 is 0. The minimum absolute atomic E-state index is 0.103. The number of likely N-dealkylation sites (N-methyl/N-ethyl adjacent to an activating group) is 1. The van der Waals surface area contributed by atoms with Gasteiger partial charge in [0.05, 0.1) is 12.2 Å². The lowest BCUT2D eigenvalue weighted by Gasteiger charge is -2.32. The molecule has 82 valence electrons. The number of aryl methyl sites for hydroxylation is 1. The van der Waals surface area contributed by atoms with E-state index in [0.29, 0.717) is 18.1 Å². The van der Waals surface area contributed by atoms with Crippen LogP contribution in [-0.4, -0.2) is 47.3 Å². The molecule has 0 unspecified atom stereocenters. The fourth-order valence-electron chi connectivity index (χ4n) is 1.68. The predicted molar refractivity (Wildman–Crippen MR) is 57.5 cm³/mol. The van der Waals surface area contributed by atoms with Crippen LogP contribution < -0.4 is 10.6 Å². The number of carbonyl (C=O) groups excluding carboxylic acids is 1. The molecule has 0 spiro atoms. The van der Waals surface area contributed by atoms with Gasteiger partial charge in [0, 0.05) is 33.4 Å². The quantitative estimate of drug-likeness (QED) is 0.663. The molecule has 0 aliphatic carbocycles. The number of piperazine rings is 1. The molecule has 0 bridgehead atoms. The van der Waals surface area contributed by atoms with E-state index in [-0.39, 0.29) is 5.91 Å². The van der Waals surface area contributed by atoms with E-state index in [1.165, 1.54) is 0 Å². The highest BCUT2D eigenvalue weighted by atomic mass is 16.2. The second-order valence-electron chi connectivity index (χ2n) is 3.82. The number of hydrogen-bond donors (Lipinski definition) is 1. The zero-order chi connectivity index (χ0) is 11.0. The fraction of sp³-hybridized carbons (Fsp3) is 0.556. The maximum absolute atomic E-state index is 11.5. The summed E-state index contributed by atoms with van der Waals surface area (Å²) in [5.41, 5.74) is 6.42. The van der Waals surface area contributed by atoms with Crippen molar-refractivity contribution in [2.45, 2.75) is 0 Å². The molecule has 0 atom stereocenters. The van der Waals surface area contributed by atoms with E-state index < -0.39 is 0 Å². The lowest BCUT2D eigenvalue weighted by atomic mass is 10.3. The summed E-state index contributed by atoms with van der Waals surface area (Å²) in [5.74, 6) is 0.810. The molecule has 1 fully saturated rings. The molecule has 6 nitrogen and oxygen atoms in total. The summed E-state index contributed by atoms with van der Waals surface area (Å²) in [5, 5.41) is 4.24. The van der Waals surface area contributed by atoms with Crippen LogP contribution in [0.1, 0.15) is 0 Å². The van der Waals surface area contributed by atoms with Gasteiger partial charge in [-0.15, -0.1) is 0 Å². The number of aromatic nitrogens is 2. The van der Waals surface area contributed by atoms with Gasteiger partial charge in [0.25, 0.3) is 0 Å². The highest BCUT2D eigenvalue weighted by molar-refractivity contribution is 5.83. The number of anilines is 2. The Morgan fingerprint density at radius 3 is 2.67 bits per heavy atom. The summed E-state index contributed by atoms with van der Waals surface area (Å²) in [7, 11) is 3.62. The van der Waals surface area contributed by atoms with E-state index in [0.717, 1.165) is 13.1 Å². The Bertz CT molecular complexity index is 386. The van der Waals surface area contributed by atoms with Gasteiger partial charge in [-0.1, -0.05) is 0 Å². The van der Waals surface area contributed by atoms with Crippen LogP contribution in [0.3, 0.4) is 0 Å². The van der Waals surface area contributed by atoms with Crippen molar-refractivity contribution in [2.75, 3.05) is 37.3 Å². The van der Waals surface area contributed by atoms with Crippen molar-refractivity contribution in [2.24, 2.45) is 7.05 Å². The number of nitrogen functional groups attached to an aromatic ring is 1. The highest BCUT2D eigenvalue weighted by Crippen LogP contribution is 2.21. The zero-order valence-electron chi connectivity index (χ0n) is 8.97. The molecule has 2 rings (SSSR count). The molecule has 0 saturated carbocycles. The minimum atomic E-state index is 0.103. The first kappa shape index (κ1) is 9.82. The lowest BCUT2D eigenvalue weighted by molar-refractivity contribution is -0.129. The third kappa shape index (κ3) is 1.74. The summed E-state index contributed by atoms with van der Waals surface area (Å²) in [6.45, 7) is 1.86. The Hall–Kier alpha value is -1.72. The second kappa shape index (κ2) is 3.45. The number of hydrogen-bond acceptors (Lipinski definition) is 4. The largest absolute Gasteiger partial charge is 0.394 e. The molecular weight excluding hydrogens is 194 g/mol. The molecule has 15 heavy (non-hydrogen) atoms. The van der Waals surface area contributed by atoms with Gasteiger partial charge in [0.15, 0.2) is 5.82 Å². The van der Waals surface area contributed by atoms with Crippen LogP contribution in [0.25, 0.3) is 0 Å². The summed E-state index contributed by atoms with van der Waals surface area (Å²) in [4.78, 5) is 15.1. The van der Waals surface area contributed by atoms with Gasteiger partial charge >= 0.3 is 0 Å². The van der Waals surface area contributed by atoms with Crippen molar-refractivity contribution in [3.8, 4) is 0 Å². The van der Waals surface area contributed by atoms with Gasteiger partial charge in [-0.2, -0.15) is 5.10 Å². The summed E-state index contributed by atoms with van der Waals surface area (Å²) < 4.78 is 1.66. The van der Waals surface area contributed by atoms with Gasteiger partial charge in [-0.3, -0.25) is 9.48 Å². The first-order valence-electron chi connectivity index (χ1n) is 4.86. The third-order valence-electron chi connectivity index (χ3n) is 2.59. The highest BCUT2D eigenvalue weighted by Gasteiger charge is 2.24. The van der Waals surface area contributed by atoms with Crippen LogP contribution in [0, 0.1) is 0 Å². The average Bonchev–Trinajstić information content (AvgIpc) is 2.50. The first-order valence-corrected chi connectivity index (χ1v) is 4.86. The Labute approximate surface area is 88.2 Å². The van der Waals surface area contributed by atoms with E-state index >= 15 is 0 Å². The van der Waals surface area contributed by atoms with Gasteiger partial charge in [0.2, 0.25) is 5.91 Å². The first-order chi connectivity index (χ1) is 7.08. The molecular formula is C9H15N5O. The number of nitrogens with two attached hydrogens (primary N) is 1. The Morgan fingerprint density at radius 1 is 1.40 bits per heavy atom. The molecule has 1 aliphatic heterocycles. The van der Waals surface area contributed by atoms with E-state index in [9.17, 15) is 4.79 Å². The van der Waals surface area contributed by atoms with Crippen LogP contribution in [0.4, 0.5) is 11.5 Å². The van der Waals surface area contributed by atoms with Gasteiger partial charge < -0.3 is 15.5 Å². The summed E-state index contributed by atoms with van der Waals surface area (Å²) in [6, 6.07) is 0. The van der Waals surface area contributed by atoms with Crippen LogP contribution in [0.2, 0.25) is 0 Å². The molecule has 2 heterocycles. The van der Waals surface area contributed by atoms with E-state index in [1.54, 1.807) is 22.8 Å². The third-order valence-corrected chi connectivity index (χ3v) is 2.59. The Kier molecular flexibility index (Phi) is 2.26. The van der Waals surface area contributed by atoms with Crippen LogP contribution in [-0.2, 0) is 11.8 Å². The van der Waals surface area contributed by atoms with Crippen molar-refractivity contribution in [1.29, 1.82) is 0 Å². The molecule has 1 aromatic rings. The molecule has 1 amide bonds. The van der Waals surface area contributed by atoms with Gasteiger partial charge in [-0.25, -0.2) is 0 Å². The molecule has 0 radical (unpaired) electrons. The monoisotopic (exact) mass is 209 g/mol. The fourth-order valence-corrected chi connectivity index (χ4v) is 1.68. The Balaban J connectivity index is 2.18. The molecule has 6 heteroatoms. The number of amides is 1. The second-order valence-corrected chi connectivity index (χ2v) is 3.82. The van der Waals surface area contributed by atoms with Crippen molar-refractivity contribution in [3.05, 3.63) is 6.20 Å². The topological polar surface area (TPSA) is 67.4 Å². The lowest BCUT2D eigenvalue weighted by Crippen LogP contribution is -2.48. The van der Waals surface area contributed by atoms with Gasteiger partial charge in [0.1, 0.15) is 0 Å². The Morgan fingerprint density at radius 2 is 2.13 bits per heavy atom. The maximum Gasteiger partial charge on any atom is 0.241 e. The molecule has 2 N–H and O–H groups in total. The van der Waals surface area contributed by atoms with Gasteiger partial charge in [-0.05, 0) is 0 Å². The maximum atomic E-state index is 11.5. The molecule has 1 aromatic heterocycles. The van der Waals surface area contributed by atoms with Crippen molar-refractivity contribution in [1.82, 2.24) is 14.7 Å². The van der Waals surface area contributed by atoms with E-state index in [2.05, 4.69) is 5.10 Å². The normalized spacial score (nSPS) is 17.3. The average molecular weight is 209 g/mol. The van der Waals surface area contributed by atoms with Crippen LogP contribution in [0.5, 0.6) is 0 Å². The number of rotatable bonds is 1. The van der Waals surface area contributed by atoms with E-state index in [1.807, 2.05) is 11.9 Å².